The topological polar surface area (TPSA) is 41.6 Å². The largest absolute Gasteiger partial charge is 0.341 e. The van der Waals surface area contributed by atoms with Crippen molar-refractivity contribution in [2.45, 2.75) is 20.3 Å². The number of likely N-dealkylation sites (tertiary alicyclic amines) is 1. The Morgan fingerprint density at radius 1 is 1.38 bits per heavy atom. The minimum absolute atomic E-state index is 0.124. The maximum absolute atomic E-state index is 11.4. The zero-order valence-electron chi connectivity index (χ0n) is 8.54. The molecule has 2 amide bonds. The molecule has 1 aliphatic rings. The number of hydroxylamine groups is 1. The monoisotopic (exact) mass is 186 g/mol. The Hall–Kier alpha value is -0.770. The van der Waals surface area contributed by atoms with E-state index in [4.69, 9.17) is 0 Å². The number of rotatable bonds is 1. The third-order valence-electron chi connectivity index (χ3n) is 2.35. The molecule has 2 unspecified atom stereocenters. The maximum atomic E-state index is 11.4. The minimum Gasteiger partial charge on any atom is -0.323 e. The molecule has 13 heavy (non-hydrogen) atoms. The molecule has 76 valence electrons. The highest BCUT2D eigenvalue weighted by molar-refractivity contribution is 5.73. The van der Waals surface area contributed by atoms with Gasteiger partial charge < -0.3 is 4.90 Å². The van der Waals surface area contributed by atoms with Crippen molar-refractivity contribution in [3.05, 3.63) is 0 Å². The van der Waals surface area contributed by atoms with Crippen LogP contribution in [0, 0.1) is 11.8 Å². The zero-order chi connectivity index (χ0) is 9.84. The van der Waals surface area contributed by atoms with Crippen LogP contribution >= 0.6 is 0 Å². The van der Waals surface area contributed by atoms with E-state index in [0.717, 1.165) is 13.1 Å². The molecule has 1 heterocycles. The quantitative estimate of drug-likeness (QED) is 0.626. The van der Waals surface area contributed by atoms with E-state index >= 15 is 0 Å². The minimum atomic E-state index is -0.124. The molecule has 0 saturated carbocycles. The lowest BCUT2D eigenvalue weighted by Gasteiger charge is -2.34. The second-order valence-corrected chi connectivity index (χ2v) is 3.96. The van der Waals surface area contributed by atoms with Crippen LogP contribution in [0.1, 0.15) is 20.3 Å². The average molecular weight is 186 g/mol. The Labute approximate surface area is 79.2 Å². The van der Waals surface area contributed by atoms with Crippen molar-refractivity contribution in [1.82, 2.24) is 10.4 Å². The second kappa shape index (κ2) is 4.46. The third kappa shape index (κ3) is 2.88. The molecule has 0 aromatic rings. The molecule has 1 aliphatic heterocycles. The van der Waals surface area contributed by atoms with Gasteiger partial charge >= 0.3 is 6.03 Å². The van der Waals surface area contributed by atoms with Gasteiger partial charge in [-0.1, -0.05) is 13.8 Å². The van der Waals surface area contributed by atoms with Crippen molar-refractivity contribution in [3.63, 3.8) is 0 Å². The van der Waals surface area contributed by atoms with Gasteiger partial charge in [-0.25, -0.2) is 10.3 Å². The van der Waals surface area contributed by atoms with E-state index in [9.17, 15) is 4.79 Å². The van der Waals surface area contributed by atoms with E-state index in [0.29, 0.717) is 11.8 Å². The summed E-state index contributed by atoms with van der Waals surface area (Å²) in [6.45, 7) is 6.00. The molecule has 0 radical (unpaired) electrons. The molecule has 4 nitrogen and oxygen atoms in total. The van der Waals surface area contributed by atoms with Crippen LogP contribution in [0.5, 0.6) is 0 Å². The number of carbonyl (C=O) groups excluding carboxylic acids is 1. The fourth-order valence-corrected chi connectivity index (χ4v) is 1.98. The standard InChI is InChI=1S/C9H18N2O2/c1-7-4-8(2)6-11(5-7)9(12)10-13-3/h7-8H,4-6H2,1-3H3,(H,10,12). The van der Waals surface area contributed by atoms with Gasteiger partial charge in [0.25, 0.3) is 0 Å². The van der Waals surface area contributed by atoms with Crippen LogP contribution in [0.15, 0.2) is 0 Å². The first-order chi connectivity index (χ1) is 6.13. The lowest BCUT2D eigenvalue weighted by atomic mass is 9.92. The second-order valence-electron chi connectivity index (χ2n) is 3.96. The summed E-state index contributed by atoms with van der Waals surface area (Å²) >= 11 is 0. The highest BCUT2D eigenvalue weighted by atomic mass is 16.6. The summed E-state index contributed by atoms with van der Waals surface area (Å²) in [5, 5.41) is 0. The summed E-state index contributed by atoms with van der Waals surface area (Å²) in [5.74, 6) is 1.18. The predicted molar refractivity (Wildman–Crippen MR) is 50.1 cm³/mol. The number of hydrogen-bond acceptors (Lipinski definition) is 2. The first-order valence-corrected chi connectivity index (χ1v) is 4.71. The molecule has 0 bridgehead atoms. The SMILES string of the molecule is CONC(=O)N1CC(C)CC(C)C1. The Kier molecular flexibility index (Phi) is 3.54. The van der Waals surface area contributed by atoms with Crippen molar-refractivity contribution in [1.29, 1.82) is 0 Å². The average Bonchev–Trinajstić information content (AvgIpc) is 2.03. The van der Waals surface area contributed by atoms with Crippen molar-refractivity contribution in [2.75, 3.05) is 20.2 Å². The van der Waals surface area contributed by atoms with Crippen LogP contribution in [0.3, 0.4) is 0 Å². The molecule has 1 fully saturated rings. The predicted octanol–water partition coefficient (Wildman–Crippen LogP) is 1.24. The van der Waals surface area contributed by atoms with Crippen molar-refractivity contribution in [3.8, 4) is 0 Å². The van der Waals surface area contributed by atoms with Gasteiger partial charge in [0.05, 0.1) is 7.11 Å². The number of piperidine rings is 1. The summed E-state index contributed by atoms with van der Waals surface area (Å²) in [5.41, 5.74) is 2.34. The fraction of sp³-hybridized carbons (Fsp3) is 0.889. The normalized spacial score (nSPS) is 28.7. The number of carbonyl (C=O) groups is 1. The molecule has 2 atom stereocenters. The Morgan fingerprint density at radius 2 is 1.92 bits per heavy atom. The highest BCUT2D eigenvalue weighted by Crippen LogP contribution is 2.20. The molecule has 0 aromatic heterocycles. The maximum Gasteiger partial charge on any atom is 0.341 e. The van der Waals surface area contributed by atoms with Crippen molar-refractivity contribution in [2.24, 2.45) is 11.8 Å². The van der Waals surface area contributed by atoms with Crippen LogP contribution in [-0.2, 0) is 4.84 Å². The van der Waals surface area contributed by atoms with E-state index in [-0.39, 0.29) is 6.03 Å². The number of nitrogens with one attached hydrogen (secondary N) is 1. The number of urea groups is 1. The number of nitrogens with zero attached hydrogens (tertiary/aromatic N) is 1. The summed E-state index contributed by atoms with van der Waals surface area (Å²) in [4.78, 5) is 17.8. The van der Waals surface area contributed by atoms with Gasteiger partial charge in [0.15, 0.2) is 0 Å². The summed E-state index contributed by atoms with van der Waals surface area (Å²) in [6, 6.07) is -0.124. The highest BCUT2D eigenvalue weighted by Gasteiger charge is 2.25. The molecule has 1 N–H and O–H groups in total. The van der Waals surface area contributed by atoms with Crippen LogP contribution in [0.4, 0.5) is 4.79 Å². The molecule has 0 aromatic carbocycles. The fourth-order valence-electron chi connectivity index (χ4n) is 1.98. The molecule has 4 heteroatoms. The Morgan fingerprint density at radius 3 is 2.38 bits per heavy atom. The van der Waals surface area contributed by atoms with Gasteiger partial charge in [-0.3, -0.25) is 4.84 Å². The third-order valence-corrected chi connectivity index (χ3v) is 2.35. The summed E-state index contributed by atoms with van der Waals surface area (Å²) < 4.78 is 0. The molecule has 0 spiro atoms. The van der Waals surface area contributed by atoms with E-state index in [1.807, 2.05) is 4.90 Å². The van der Waals surface area contributed by atoms with E-state index in [2.05, 4.69) is 24.2 Å². The van der Waals surface area contributed by atoms with Gasteiger partial charge in [0, 0.05) is 13.1 Å². The summed E-state index contributed by atoms with van der Waals surface area (Å²) in [7, 11) is 1.45. The number of amides is 2. The zero-order valence-corrected chi connectivity index (χ0v) is 8.54. The van der Waals surface area contributed by atoms with Crippen LogP contribution in [-0.4, -0.2) is 31.1 Å². The first-order valence-electron chi connectivity index (χ1n) is 4.71. The van der Waals surface area contributed by atoms with E-state index in [1.54, 1.807) is 0 Å². The van der Waals surface area contributed by atoms with Crippen molar-refractivity contribution >= 4 is 6.03 Å². The first kappa shape index (κ1) is 10.3. The lowest BCUT2D eigenvalue weighted by Crippen LogP contribution is -2.47. The molecule has 1 rings (SSSR count). The van der Waals surface area contributed by atoms with Gasteiger partial charge in [0.2, 0.25) is 0 Å². The smallest absolute Gasteiger partial charge is 0.323 e. The van der Waals surface area contributed by atoms with Crippen molar-refractivity contribution < 1.29 is 9.63 Å². The molecular weight excluding hydrogens is 168 g/mol. The van der Waals surface area contributed by atoms with E-state index < -0.39 is 0 Å². The van der Waals surface area contributed by atoms with E-state index in [1.165, 1.54) is 13.5 Å². The Bertz CT molecular complexity index is 174. The summed E-state index contributed by atoms with van der Waals surface area (Å²) in [6.07, 6.45) is 1.21. The van der Waals surface area contributed by atoms with Crippen LogP contribution in [0.2, 0.25) is 0 Å². The lowest BCUT2D eigenvalue weighted by molar-refractivity contribution is 0.0713. The van der Waals surface area contributed by atoms with Gasteiger partial charge in [-0.2, -0.15) is 0 Å². The Balaban J connectivity index is 2.45. The van der Waals surface area contributed by atoms with Crippen LogP contribution in [0.25, 0.3) is 0 Å². The number of hydrogen-bond donors (Lipinski definition) is 1. The van der Waals surface area contributed by atoms with Gasteiger partial charge in [-0.05, 0) is 18.3 Å². The molecule has 0 aliphatic carbocycles. The van der Waals surface area contributed by atoms with Crippen LogP contribution < -0.4 is 5.48 Å². The molecular formula is C9H18N2O2. The molecule has 1 saturated heterocycles. The van der Waals surface area contributed by atoms with Gasteiger partial charge in [-0.15, -0.1) is 0 Å². The van der Waals surface area contributed by atoms with Gasteiger partial charge in [0.1, 0.15) is 0 Å².